The van der Waals surface area contributed by atoms with Crippen molar-refractivity contribution in [3.8, 4) is 0 Å². The van der Waals surface area contributed by atoms with Crippen LogP contribution in [0.2, 0.25) is 32.7 Å². The molecule has 0 fully saturated rings. The van der Waals surface area contributed by atoms with Crippen molar-refractivity contribution in [1.29, 1.82) is 0 Å². The zero-order valence-electron chi connectivity index (χ0n) is 15.1. The van der Waals surface area contributed by atoms with E-state index in [2.05, 4.69) is 60.4 Å². The summed E-state index contributed by atoms with van der Waals surface area (Å²) in [7, 11) is -3.64. The van der Waals surface area contributed by atoms with Crippen molar-refractivity contribution in [3.63, 3.8) is 0 Å². The summed E-state index contributed by atoms with van der Waals surface area (Å²) in [6.45, 7) is 20.2. The molecule has 0 N–H and O–H groups in total. The van der Waals surface area contributed by atoms with Crippen molar-refractivity contribution < 1.29 is 8.85 Å². The molecule has 0 aliphatic rings. The maximum Gasteiger partial charge on any atom is 0.218 e. The van der Waals surface area contributed by atoms with Crippen molar-refractivity contribution in [2.24, 2.45) is 0 Å². The van der Waals surface area contributed by atoms with E-state index < -0.39 is 16.6 Å². The van der Waals surface area contributed by atoms with Crippen LogP contribution in [0.5, 0.6) is 0 Å². The van der Waals surface area contributed by atoms with Crippen molar-refractivity contribution in [3.05, 3.63) is 0 Å². The lowest BCUT2D eigenvalue weighted by Gasteiger charge is -2.50. The Morgan fingerprint density at radius 3 is 1.40 bits per heavy atom. The predicted octanol–water partition coefficient (Wildman–Crippen LogP) is 5.60. The van der Waals surface area contributed by atoms with Gasteiger partial charge in [0.15, 0.2) is 8.32 Å². The molecule has 0 aromatic rings. The molecule has 0 rings (SSSR count). The van der Waals surface area contributed by atoms with Crippen molar-refractivity contribution >= 4 is 29.3 Å². The maximum absolute atomic E-state index is 6.67. The largest absolute Gasteiger partial charge is 0.412 e. The molecule has 2 nitrogen and oxygen atoms in total. The van der Waals surface area contributed by atoms with E-state index in [4.69, 9.17) is 21.5 Å². The molecule has 122 valence electrons. The number of hydrogen-bond donors (Lipinski definition) is 1. The SMILES string of the molecule is CCC(S)(CC)O[Si](C)(C)C(CC)(CC)O[Si](C)(C)C. The van der Waals surface area contributed by atoms with E-state index in [1.165, 1.54) is 0 Å². The zero-order chi connectivity index (χ0) is 16.2. The predicted molar refractivity (Wildman–Crippen MR) is 98.6 cm³/mol. The summed E-state index contributed by atoms with van der Waals surface area (Å²) >= 11 is 4.80. The lowest BCUT2D eigenvalue weighted by molar-refractivity contribution is 0.0634. The highest BCUT2D eigenvalue weighted by molar-refractivity contribution is 7.81. The highest BCUT2D eigenvalue weighted by atomic mass is 32.1. The van der Waals surface area contributed by atoms with E-state index in [9.17, 15) is 0 Å². The molecule has 0 atom stereocenters. The van der Waals surface area contributed by atoms with Gasteiger partial charge in [0.25, 0.3) is 0 Å². The Bertz CT molecular complexity index is 293. The molecule has 0 unspecified atom stereocenters. The second-order valence-electron chi connectivity index (χ2n) is 7.18. The molecule has 0 aromatic carbocycles. The number of rotatable bonds is 9. The van der Waals surface area contributed by atoms with E-state index in [1.807, 2.05) is 0 Å². The number of hydrogen-bond acceptors (Lipinski definition) is 3. The van der Waals surface area contributed by atoms with Gasteiger partial charge in [-0.1, -0.05) is 27.7 Å². The minimum Gasteiger partial charge on any atom is -0.412 e. The van der Waals surface area contributed by atoms with Crippen molar-refractivity contribution in [2.45, 2.75) is 96.3 Å². The monoisotopic (exact) mass is 336 g/mol. The Morgan fingerprint density at radius 2 is 1.15 bits per heavy atom. The van der Waals surface area contributed by atoms with E-state index in [-0.39, 0.29) is 10.2 Å². The molecule has 0 saturated heterocycles. The molecule has 0 spiro atoms. The first-order valence-electron chi connectivity index (χ1n) is 8.03. The molecule has 0 amide bonds. The van der Waals surface area contributed by atoms with Gasteiger partial charge in [0.2, 0.25) is 8.32 Å². The molecule has 0 aliphatic carbocycles. The summed E-state index contributed by atoms with van der Waals surface area (Å²) in [5.41, 5.74) is 0. The molecule has 0 bridgehead atoms. The van der Waals surface area contributed by atoms with Gasteiger partial charge in [-0.05, 0) is 58.4 Å². The highest BCUT2D eigenvalue weighted by Crippen LogP contribution is 2.40. The fourth-order valence-corrected chi connectivity index (χ4v) is 10.1. The van der Waals surface area contributed by atoms with Crippen LogP contribution in [0.4, 0.5) is 0 Å². The quantitative estimate of drug-likeness (QED) is 0.335. The molecule has 20 heavy (non-hydrogen) atoms. The molecule has 0 saturated carbocycles. The molecular weight excluding hydrogens is 300 g/mol. The summed E-state index contributed by atoms with van der Waals surface area (Å²) < 4.78 is 13.3. The fraction of sp³-hybridized carbons (Fsp3) is 1.00. The Kier molecular flexibility index (Phi) is 7.57. The summed E-state index contributed by atoms with van der Waals surface area (Å²) in [5, 5.41) is -0.101. The van der Waals surface area contributed by atoms with E-state index in [1.54, 1.807) is 0 Å². The topological polar surface area (TPSA) is 18.5 Å². The van der Waals surface area contributed by atoms with Gasteiger partial charge in [0.05, 0.1) is 10.2 Å². The number of thiol groups is 1. The van der Waals surface area contributed by atoms with Crippen molar-refractivity contribution in [2.75, 3.05) is 0 Å². The molecule has 5 heteroatoms. The lowest BCUT2D eigenvalue weighted by Crippen LogP contribution is -2.63. The second-order valence-corrected chi connectivity index (χ2v) is 16.6. The van der Waals surface area contributed by atoms with Crippen molar-refractivity contribution in [1.82, 2.24) is 0 Å². The van der Waals surface area contributed by atoms with E-state index in [0.29, 0.717) is 0 Å². The first-order valence-corrected chi connectivity index (χ1v) is 14.8. The highest BCUT2D eigenvalue weighted by Gasteiger charge is 2.51. The van der Waals surface area contributed by atoms with Gasteiger partial charge in [-0.2, -0.15) is 0 Å². The molecular formula is C15H36O2SSi2. The minimum absolute atomic E-state index is 0.101. The first kappa shape index (κ1) is 20.7. The fourth-order valence-electron chi connectivity index (χ4n) is 2.92. The maximum atomic E-state index is 6.67. The van der Waals surface area contributed by atoms with Crippen LogP contribution in [0.1, 0.15) is 53.4 Å². The summed E-state index contributed by atoms with van der Waals surface area (Å²) in [6.07, 6.45) is 3.90. The summed E-state index contributed by atoms with van der Waals surface area (Å²) in [4.78, 5) is -0.311. The third kappa shape index (κ3) is 5.16. The molecule has 0 radical (unpaired) electrons. The zero-order valence-corrected chi connectivity index (χ0v) is 18.0. The van der Waals surface area contributed by atoms with Gasteiger partial charge < -0.3 is 8.85 Å². The lowest BCUT2D eigenvalue weighted by atomic mass is 10.2. The Morgan fingerprint density at radius 1 is 0.750 bits per heavy atom. The average Bonchev–Trinajstić information content (AvgIpc) is 2.33. The Labute approximate surface area is 134 Å². The van der Waals surface area contributed by atoms with Crippen LogP contribution < -0.4 is 0 Å². The minimum atomic E-state index is -2.03. The van der Waals surface area contributed by atoms with Crippen LogP contribution >= 0.6 is 12.6 Å². The van der Waals surface area contributed by atoms with Gasteiger partial charge in [-0.15, -0.1) is 12.6 Å². The average molecular weight is 337 g/mol. The van der Waals surface area contributed by atoms with E-state index >= 15 is 0 Å². The van der Waals surface area contributed by atoms with Gasteiger partial charge in [0, 0.05) is 0 Å². The van der Waals surface area contributed by atoms with Gasteiger partial charge >= 0.3 is 0 Å². The third-order valence-corrected chi connectivity index (χ3v) is 10.3. The van der Waals surface area contributed by atoms with Crippen LogP contribution in [0.3, 0.4) is 0 Å². The summed E-state index contributed by atoms with van der Waals surface area (Å²) in [6, 6.07) is 0. The molecule has 0 heterocycles. The van der Waals surface area contributed by atoms with Crippen LogP contribution in [0, 0.1) is 0 Å². The van der Waals surface area contributed by atoms with Crippen LogP contribution in [0.25, 0.3) is 0 Å². The normalized spacial score (nSPS) is 14.7. The summed E-state index contributed by atoms with van der Waals surface area (Å²) in [5.74, 6) is 0. The van der Waals surface area contributed by atoms with Gasteiger partial charge in [-0.3, -0.25) is 0 Å². The smallest absolute Gasteiger partial charge is 0.218 e. The molecule has 0 aromatic heterocycles. The third-order valence-electron chi connectivity index (χ3n) is 4.29. The first-order chi connectivity index (χ1) is 8.91. The Hall–Kier alpha value is 0.704. The van der Waals surface area contributed by atoms with Crippen LogP contribution in [-0.2, 0) is 8.85 Å². The van der Waals surface area contributed by atoms with E-state index in [0.717, 1.165) is 25.7 Å². The van der Waals surface area contributed by atoms with Gasteiger partial charge in [-0.25, -0.2) is 0 Å². The Balaban J connectivity index is 5.45. The van der Waals surface area contributed by atoms with Crippen LogP contribution in [-0.4, -0.2) is 26.8 Å². The van der Waals surface area contributed by atoms with Gasteiger partial charge in [0.1, 0.15) is 0 Å². The van der Waals surface area contributed by atoms with Crippen LogP contribution in [0.15, 0.2) is 0 Å². The standard InChI is InChI=1S/C15H36O2SSi2/c1-10-14(18,11-2)16-20(8,9)15(12-3,13-4)17-19(5,6)7/h18H,10-13H2,1-9H3. The molecule has 0 aliphatic heterocycles. The second kappa shape index (κ2) is 7.31.